The van der Waals surface area contributed by atoms with Crippen molar-refractivity contribution in [2.75, 3.05) is 6.61 Å². The molecule has 0 bridgehead atoms. The lowest BCUT2D eigenvalue weighted by Crippen LogP contribution is -2.31. The number of ether oxygens (including phenoxy) is 2. The quantitative estimate of drug-likeness (QED) is 0.666. The van der Waals surface area contributed by atoms with Crippen molar-refractivity contribution in [2.24, 2.45) is 0 Å². The third kappa shape index (κ3) is 6.88. The van der Waals surface area contributed by atoms with Crippen molar-refractivity contribution in [3.63, 3.8) is 0 Å². The summed E-state index contributed by atoms with van der Waals surface area (Å²) in [5.74, 6) is 0. The summed E-state index contributed by atoms with van der Waals surface area (Å²) < 4.78 is 45.6. The van der Waals surface area contributed by atoms with E-state index in [9.17, 15) is 13.2 Å². The van der Waals surface area contributed by atoms with Crippen LogP contribution in [0.2, 0.25) is 0 Å². The zero-order valence-corrected chi connectivity index (χ0v) is 10.3. The molecule has 0 aromatic rings. The molecule has 1 rings (SSSR count). The summed E-state index contributed by atoms with van der Waals surface area (Å²) in [6.07, 6.45) is 0.512. The van der Waals surface area contributed by atoms with Gasteiger partial charge in [-0.15, -0.1) is 13.2 Å². The zero-order chi connectivity index (χ0) is 12.7. The molecule has 0 radical (unpaired) electrons. The molecule has 0 aliphatic heterocycles. The van der Waals surface area contributed by atoms with Crippen molar-refractivity contribution in [3.8, 4) is 0 Å². The van der Waals surface area contributed by atoms with Gasteiger partial charge in [-0.3, -0.25) is 4.74 Å². The second-order valence-electron chi connectivity index (χ2n) is 4.54. The maximum atomic E-state index is 12.0. The second kappa shape index (κ2) is 7.21. The van der Waals surface area contributed by atoms with Crippen LogP contribution in [0.25, 0.3) is 0 Å². The zero-order valence-electron chi connectivity index (χ0n) is 10.3. The minimum atomic E-state index is -4.50. The summed E-state index contributed by atoms with van der Waals surface area (Å²) in [4.78, 5) is 0. The van der Waals surface area contributed by atoms with Gasteiger partial charge in [-0.2, -0.15) is 0 Å². The van der Waals surface area contributed by atoms with Gasteiger partial charge in [0.1, 0.15) is 0 Å². The van der Waals surface area contributed by atoms with E-state index in [1.54, 1.807) is 0 Å². The summed E-state index contributed by atoms with van der Waals surface area (Å²) >= 11 is 0. The van der Waals surface area contributed by atoms with Crippen LogP contribution in [0.3, 0.4) is 0 Å². The van der Waals surface area contributed by atoms with Crippen LogP contribution in [0.15, 0.2) is 0 Å². The Kier molecular flexibility index (Phi) is 6.27. The molecule has 0 N–H and O–H groups in total. The van der Waals surface area contributed by atoms with E-state index in [-0.39, 0.29) is 6.10 Å². The molecule has 0 saturated heterocycles. The van der Waals surface area contributed by atoms with Gasteiger partial charge in [0.25, 0.3) is 0 Å². The Morgan fingerprint density at radius 3 is 2.12 bits per heavy atom. The molecule has 0 aromatic heterocycles. The topological polar surface area (TPSA) is 18.5 Å². The molecule has 2 nitrogen and oxygen atoms in total. The fourth-order valence-corrected chi connectivity index (χ4v) is 2.11. The van der Waals surface area contributed by atoms with Gasteiger partial charge < -0.3 is 4.74 Å². The predicted octanol–water partition coefficient (Wildman–Crippen LogP) is 4.04. The van der Waals surface area contributed by atoms with Crippen molar-refractivity contribution in [2.45, 2.75) is 70.4 Å². The standard InChI is InChI=1S/C12H21F3O2/c1-2-3-4-9-16-10-5-7-11(8-6-10)17-12(13,14)15/h10-11H,2-9H2,1H3. The van der Waals surface area contributed by atoms with Crippen molar-refractivity contribution in [1.82, 2.24) is 0 Å². The van der Waals surface area contributed by atoms with Gasteiger partial charge in [-0.1, -0.05) is 19.8 Å². The lowest BCUT2D eigenvalue weighted by molar-refractivity contribution is -0.346. The maximum absolute atomic E-state index is 12.0. The fraction of sp³-hybridized carbons (Fsp3) is 1.00. The van der Waals surface area contributed by atoms with Crippen LogP contribution in [-0.4, -0.2) is 25.2 Å². The highest BCUT2D eigenvalue weighted by atomic mass is 19.4. The van der Waals surface area contributed by atoms with Crippen LogP contribution < -0.4 is 0 Å². The van der Waals surface area contributed by atoms with Gasteiger partial charge in [-0.25, -0.2) is 0 Å². The number of hydrogen-bond acceptors (Lipinski definition) is 2. The third-order valence-electron chi connectivity index (χ3n) is 3.02. The maximum Gasteiger partial charge on any atom is 0.522 e. The Balaban J connectivity index is 2.09. The first-order chi connectivity index (χ1) is 8.01. The minimum Gasteiger partial charge on any atom is -0.378 e. The van der Waals surface area contributed by atoms with E-state index < -0.39 is 12.5 Å². The SMILES string of the molecule is CCCCCOC1CCC(OC(F)(F)F)CC1. The molecule has 1 saturated carbocycles. The Morgan fingerprint density at radius 2 is 1.59 bits per heavy atom. The summed E-state index contributed by atoms with van der Waals surface area (Å²) in [5, 5.41) is 0. The third-order valence-corrected chi connectivity index (χ3v) is 3.02. The van der Waals surface area contributed by atoms with Gasteiger partial charge in [0.05, 0.1) is 12.2 Å². The molecule has 17 heavy (non-hydrogen) atoms. The van der Waals surface area contributed by atoms with E-state index in [0.717, 1.165) is 25.9 Å². The first-order valence-corrected chi connectivity index (χ1v) is 6.37. The normalized spacial score (nSPS) is 26.1. The molecule has 0 amide bonds. The summed E-state index contributed by atoms with van der Waals surface area (Å²) in [5.41, 5.74) is 0. The van der Waals surface area contributed by atoms with E-state index >= 15 is 0 Å². The monoisotopic (exact) mass is 254 g/mol. The first-order valence-electron chi connectivity index (χ1n) is 6.37. The van der Waals surface area contributed by atoms with Crippen LogP contribution in [0.5, 0.6) is 0 Å². The molecular weight excluding hydrogens is 233 g/mol. The Hall–Kier alpha value is -0.290. The number of hydrogen-bond donors (Lipinski definition) is 0. The number of halogens is 3. The highest BCUT2D eigenvalue weighted by Crippen LogP contribution is 2.29. The van der Waals surface area contributed by atoms with Crippen molar-refractivity contribution in [3.05, 3.63) is 0 Å². The van der Waals surface area contributed by atoms with Crippen molar-refractivity contribution in [1.29, 1.82) is 0 Å². The summed E-state index contributed by atoms with van der Waals surface area (Å²) in [6, 6.07) is 0. The smallest absolute Gasteiger partial charge is 0.378 e. The Labute approximate surface area is 100 Å². The van der Waals surface area contributed by atoms with Crippen molar-refractivity contribution < 1.29 is 22.6 Å². The van der Waals surface area contributed by atoms with Gasteiger partial charge in [0, 0.05) is 6.61 Å². The Bertz CT molecular complexity index is 198. The highest BCUT2D eigenvalue weighted by molar-refractivity contribution is 4.73. The average molecular weight is 254 g/mol. The Morgan fingerprint density at radius 1 is 1.00 bits per heavy atom. The van der Waals surface area contributed by atoms with E-state index in [1.807, 2.05) is 0 Å². The van der Waals surface area contributed by atoms with E-state index in [2.05, 4.69) is 11.7 Å². The molecule has 0 spiro atoms. The van der Waals surface area contributed by atoms with E-state index in [4.69, 9.17) is 4.74 Å². The van der Waals surface area contributed by atoms with Crippen LogP contribution in [0.1, 0.15) is 51.9 Å². The van der Waals surface area contributed by atoms with E-state index in [0.29, 0.717) is 25.7 Å². The lowest BCUT2D eigenvalue weighted by Gasteiger charge is -2.29. The molecule has 1 aliphatic rings. The fourth-order valence-electron chi connectivity index (χ4n) is 2.11. The molecule has 102 valence electrons. The van der Waals surface area contributed by atoms with Crippen LogP contribution >= 0.6 is 0 Å². The molecule has 1 aliphatic carbocycles. The van der Waals surface area contributed by atoms with Crippen LogP contribution in [-0.2, 0) is 9.47 Å². The predicted molar refractivity (Wildman–Crippen MR) is 58.7 cm³/mol. The first kappa shape index (κ1) is 14.8. The van der Waals surface area contributed by atoms with E-state index in [1.165, 1.54) is 0 Å². The van der Waals surface area contributed by atoms with Gasteiger partial charge in [0.2, 0.25) is 0 Å². The van der Waals surface area contributed by atoms with Crippen LogP contribution in [0.4, 0.5) is 13.2 Å². The van der Waals surface area contributed by atoms with Crippen molar-refractivity contribution >= 4 is 0 Å². The molecule has 0 heterocycles. The molecular formula is C12H21F3O2. The highest BCUT2D eigenvalue weighted by Gasteiger charge is 2.35. The number of rotatable bonds is 6. The van der Waals surface area contributed by atoms with Gasteiger partial charge in [-0.05, 0) is 32.1 Å². The molecule has 0 atom stereocenters. The lowest BCUT2D eigenvalue weighted by atomic mass is 9.95. The summed E-state index contributed by atoms with van der Waals surface area (Å²) in [7, 11) is 0. The summed E-state index contributed by atoms with van der Waals surface area (Å²) in [6.45, 7) is 2.85. The molecule has 1 fully saturated rings. The number of unbranched alkanes of at least 4 members (excludes halogenated alkanes) is 2. The second-order valence-corrected chi connectivity index (χ2v) is 4.54. The van der Waals surface area contributed by atoms with Gasteiger partial charge >= 0.3 is 6.36 Å². The average Bonchev–Trinajstić information content (AvgIpc) is 2.25. The molecule has 0 aromatic carbocycles. The molecule has 0 unspecified atom stereocenters. The molecule has 5 heteroatoms. The largest absolute Gasteiger partial charge is 0.522 e. The minimum absolute atomic E-state index is 0.125. The van der Waals surface area contributed by atoms with Crippen LogP contribution in [0, 0.1) is 0 Å². The number of alkyl halides is 3. The van der Waals surface area contributed by atoms with Gasteiger partial charge in [0.15, 0.2) is 0 Å².